The maximum atomic E-state index is 13.1. The van der Waals surface area contributed by atoms with Crippen LogP contribution in [0.2, 0.25) is 0 Å². The number of carbonyl (C=O) groups is 1. The standard InChI is InChI=1S/C24H24N4OS2/c1-17-20-15-22(31-24(20)28(26-17)19-8-3-2-4-9-19)23(29)25-21-10-6-5-7-18(21)16-27-11-13-30-14-12-27/h2-10,15H,11-14,16H2,1H3,(H,25,29). The van der Waals surface area contributed by atoms with Crippen molar-refractivity contribution in [1.82, 2.24) is 14.7 Å². The average molecular weight is 449 g/mol. The molecule has 0 bridgehead atoms. The van der Waals surface area contributed by atoms with E-state index in [1.54, 1.807) is 0 Å². The zero-order valence-electron chi connectivity index (χ0n) is 17.4. The number of nitrogens with one attached hydrogen (secondary N) is 1. The van der Waals surface area contributed by atoms with Crippen LogP contribution in [-0.4, -0.2) is 45.2 Å². The zero-order chi connectivity index (χ0) is 21.2. The summed E-state index contributed by atoms with van der Waals surface area (Å²) in [5.41, 5.74) is 3.98. The third-order valence-corrected chi connectivity index (χ3v) is 7.58. The predicted molar refractivity (Wildman–Crippen MR) is 131 cm³/mol. The molecule has 1 aliphatic heterocycles. The summed E-state index contributed by atoms with van der Waals surface area (Å²) in [4.78, 5) is 17.3. The first kappa shape index (κ1) is 20.3. The molecule has 158 valence electrons. The van der Waals surface area contributed by atoms with Gasteiger partial charge in [0.1, 0.15) is 4.83 Å². The van der Waals surface area contributed by atoms with Gasteiger partial charge in [-0.05, 0) is 36.8 Å². The maximum Gasteiger partial charge on any atom is 0.265 e. The van der Waals surface area contributed by atoms with Crippen molar-refractivity contribution in [3.63, 3.8) is 0 Å². The second-order valence-corrected chi connectivity index (χ2v) is 9.92. The van der Waals surface area contributed by atoms with Crippen molar-refractivity contribution in [3.8, 4) is 5.69 Å². The number of fused-ring (bicyclic) bond motifs is 1. The minimum absolute atomic E-state index is 0.0677. The van der Waals surface area contributed by atoms with Gasteiger partial charge in [0.05, 0.1) is 16.3 Å². The van der Waals surface area contributed by atoms with Gasteiger partial charge in [-0.2, -0.15) is 16.9 Å². The van der Waals surface area contributed by atoms with E-state index >= 15 is 0 Å². The number of thioether (sulfide) groups is 1. The van der Waals surface area contributed by atoms with E-state index in [2.05, 4.69) is 21.4 Å². The molecule has 5 nitrogen and oxygen atoms in total. The quantitative estimate of drug-likeness (QED) is 0.456. The first-order chi connectivity index (χ1) is 15.2. The first-order valence-corrected chi connectivity index (χ1v) is 12.4. The van der Waals surface area contributed by atoms with Gasteiger partial charge < -0.3 is 5.32 Å². The highest BCUT2D eigenvalue weighted by Crippen LogP contribution is 2.31. The number of hydrogen-bond donors (Lipinski definition) is 1. The minimum Gasteiger partial charge on any atom is -0.321 e. The highest BCUT2D eigenvalue weighted by Gasteiger charge is 2.19. The molecule has 4 aromatic rings. The summed E-state index contributed by atoms with van der Waals surface area (Å²) in [6.07, 6.45) is 0. The number of aromatic nitrogens is 2. The average Bonchev–Trinajstić information content (AvgIpc) is 3.37. The summed E-state index contributed by atoms with van der Waals surface area (Å²) in [5, 5.41) is 8.85. The fraction of sp³-hybridized carbons (Fsp3) is 0.250. The minimum atomic E-state index is -0.0677. The van der Waals surface area contributed by atoms with E-state index in [1.165, 1.54) is 22.8 Å². The molecule has 1 fully saturated rings. The molecule has 3 heterocycles. The lowest BCUT2D eigenvalue weighted by Gasteiger charge is -2.27. The van der Waals surface area contributed by atoms with E-state index in [4.69, 9.17) is 0 Å². The SMILES string of the molecule is Cc1nn(-c2ccccc2)c2sc(C(=O)Nc3ccccc3CN3CCSCC3)cc12. The number of carbonyl (C=O) groups excluding carboxylic acids is 1. The zero-order valence-corrected chi connectivity index (χ0v) is 19.0. The largest absolute Gasteiger partial charge is 0.321 e. The highest BCUT2D eigenvalue weighted by atomic mass is 32.2. The van der Waals surface area contributed by atoms with E-state index < -0.39 is 0 Å². The van der Waals surface area contributed by atoms with Crippen molar-refractivity contribution in [2.45, 2.75) is 13.5 Å². The van der Waals surface area contributed by atoms with Crippen LogP contribution in [0.15, 0.2) is 60.7 Å². The van der Waals surface area contributed by atoms with Crippen LogP contribution in [0.3, 0.4) is 0 Å². The summed E-state index contributed by atoms with van der Waals surface area (Å²) in [6, 6.07) is 20.1. The maximum absolute atomic E-state index is 13.1. The number of nitrogens with zero attached hydrogens (tertiary/aromatic N) is 3. The highest BCUT2D eigenvalue weighted by molar-refractivity contribution is 7.99. The topological polar surface area (TPSA) is 50.2 Å². The second-order valence-electron chi connectivity index (χ2n) is 7.66. The number of para-hydroxylation sites is 2. The molecular weight excluding hydrogens is 424 g/mol. The van der Waals surface area contributed by atoms with E-state index in [-0.39, 0.29) is 5.91 Å². The Morgan fingerprint density at radius 2 is 1.81 bits per heavy atom. The van der Waals surface area contributed by atoms with Gasteiger partial charge in [0.2, 0.25) is 0 Å². The number of benzene rings is 2. The summed E-state index contributed by atoms with van der Waals surface area (Å²) in [6.45, 7) is 5.05. The number of amides is 1. The van der Waals surface area contributed by atoms with Crippen molar-refractivity contribution in [3.05, 3.63) is 76.8 Å². The Kier molecular flexibility index (Phi) is 5.80. The lowest BCUT2D eigenvalue weighted by molar-refractivity contribution is 0.103. The van der Waals surface area contributed by atoms with Gasteiger partial charge in [-0.15, -0.1) is 11.3 Å². The predicted octanol–water partition coefficient (Wildman–Crippen LogP) is 5.20. The van der Waals surface area contributed by atoms with Gasteiger partial charge in [0.15, 0.2) is 0 Å². The first-order valence-electron chi connectivity index (χ1n) is 10.4. The molecular formula is C24H24N4OS2. The van der Waals surface area contributed by atoms with E-state index in [9.17, 15) is 4.79 Å². The van der Waals surface area contributed by atoms with E-state index in [0.717, 1.165) is 52.5 Å². The van der Waals surface area contributed by atoms with E-state index in [0.29, 0.717) is 4.88 Å². The monoisotopic (exact) mass is 448 g/mol. The van der Waals surface area contributed by atoms with Crippen LogP contribution in [0.25, 0.3) is 15.9 Å². The van der Waals surface area contributed by atoms with Crippen LogP contribution >= 0.6 is 23.1 Å². The third kappa shape index (κ3) is 4.26. The molecule has 0 spiro atoms. The number of rotatable bonds is 5. The van der Waals surface area contributed by atoms with E-state index in [1.807, 2.05) is 78.0 Å². The number of hydrogen-bond acceptors (Lipinski definition) is 5. The molecule has 0 aliphatic carbocycles. The van der Waals surface area contributed by atoms with Crippen LogP contribution < -0.4 is 5.32 Å². The van der Waals surface area contributed by atoms with Crippen LogP contribution in [0.1, 0.15) is 20.9 Å². The molecule has 1 saturated heterocycles. The molecule has 5 rings (SSSR count). The van der Waals surface area contributed by atoms with Crippen LogP contribution in [0.4, 0.5) is 5.69 Å². The Labute approximate surface area is 190 Å². The van der Waals surface area contributed by atoms with Crippen LogP contribution in [0, 0.1) is 6.92 Å². The summed E-state index contributed by atoms with van der Waals surface area (Å²) in [5.74, 6) is 2.28. The molecule has 7 heteroatoms. The third-order valence-electron chi connectivity index (χ3n) is 5.53. The molecule has 0 unspecified atom stereocenters. The van der Waals surface area contributed by atoms with Crippen molar-refractivity contribution in [1.29, 1.82) is 0 Å². The Morgan fingerprint density at radius 3 is 2.61 bits per heavy atom. The molecule has 1 N–H and O–H groups in total. The Bertz CT molecular complexity index is 1210. The molecule has 0 atom stereocenters. The second kappa shape index (κ2) is 8.86. The molecule has 0 radical (unpaired) electrons. The van der Waals surface area contributed by atoms with Crippen molar-refractivity contribution < 1.29 is 4.79 Å². The fourth-order valence-electron chi connectivity index (χ4n) is 3.87. The lowest BCUT2D eigenvalue weighted by Crippen LogP contribution is -2.32. The van der Waals surface area contributed by atoms with Crippen molar-refractivity contribution >= 4 is 44.9 Å². The fourth-order valence-corrected chi connectivity index (χ4v) is 5.92. The van der Waals surface area contributed by atoms with Gasteiger partial charge >= 0.3 is 0 Å². The summed E-state index contributed by atoms with van der Waals surface area (Å²) < 4.78 is 1.93. The normalized spacial score (nSPS) is 14.7. The molecule has 2 aromatic carbocycles. The number of aryl methyl sites for hydroxylation is 1. The van der Waals surface area contributed by atoms with Crippen molar-refractivity contribution in [2.75, 3.05) is 29.9 Å². The number of anilines is 1. The number of thiophene rings is 1. The van der Waals surface area contributed by atoms with Gasteiger partial charge in [-0.1, -0.05) is 36.4 Å². The molecule has 0 saturated carbocycles. The lowest BCUT2D eigenvalue weighted by atomic mass is 10.1. The Balaban J connectivity index is 1.40. The van der Waals surface area contributed by atoms with Gasteiger partial charge in [0, 0.05) is 42.2 Å². The molecule has 1 amide bonds. The Hall–Kier alpha value is -2.61. The summed E-state index contributed by atoms with van der Waals surface area (Å²) in [7, 11) is 0. The Morgan fingerprint density at radius 1 is 1.06 bits per heavy atom. The van der Waals surface area contributed by atoms with Crippen LogP contribution in [0.5, 0.6) is 0 Å². The summed E-state index contributed by atoms with van der Waals surface area (Å²) >= 11 is 3.49. The molecule has 1 aliphatic rings. The molecule has 31 heavy (non-hydrogen) atoms. The van der Waals surface area contributed by atoms with Crippen LogP contribution in [-0.2, 0) is 6.54 Å². The van der Waals surface area contributed by atoms with Gasteiger partial charge in [-0.25, -0.2) is 4.68 Å². The van der Waals surface area contributed by atoms with Crippen molar-refractivity contribution in [2.24, 2.45) is 0 Å². The van der Waals surface area contributed by atoms with Gasteiger partial charge in [-0.3, -0.25) is 9.69 Å². The van der Waals surface area contributed by atoms with Gasteiger partial charge in [0.25, 0.3) is 5.91 Å². The smallest absolute Gasteiger partial charge is 0.265 e. The molecule has 2 aromatic heterocycles.